The van der Waals surface area contributed by atoms with Gasteiger partial charge in [0.05, 0.1) is 0 Å². The maximum atomic E-state index is 11.3. The number of unbranched alkanes of at least 4 members (excludes halogenated alkanes) is 1. The second-order valence-electron chi connectivity index (χ2n) is 4.75. The summed E-state index contributed by atoms with van der Waals surface area (Å²) in [6, 6.07) is 0. The molecule has 0 N–H and O–H groups in total. The van der Waals surface area contributed by atoms with Gasteiger partial charge in [0, 0.05) is 5.82 Å². The summed E-state index contributed by atoms with van der Waals surface area (Å²) in [4.78, 5) is 22.6. The lowest BCUT2D eigenvalue weighted by molar-refractivity contribution is -0.138. The molecule has 19 heavy (non-hydrogen) atoms. The Balaban J connectivity index is 1.96. The summed E-state index contributed by atoms with van der Waals surface area (Å²) < 4.78 is 10.4. The highest BCUT2D eigenvalue weighted by Gasteiger charge is 2.62. The molecule has 4 nitrogen and oxygen atoms in total. The van der Waals surface area contributed by atoms with Crippen LogP contribution in [0.25, 0.3) is 0 Å². The molecule has 0 aromatic heterocycles. The third-order valence-corrected chi connectivity index (χ3v) is 3.21. The van der Waals surface area contributed by atoms with Gasteiger partial charge in [-0.25, -0.2) is 0 Å². The Morgan fingerprint density at radius 3 is 2.37 bits per heavy atom. The van der Waals surface area contributed by atoms with E-state index in [9.17, 15) is 9.59 Å². The van der Waals surface area contributed by atoms with Crippen LogP contribution in [0.5, 0.6) is 0 Å². The fourth-order valence-corrected chi connectivity index (χ4v) is 2.28. The van der Waals surface area contributed by atoms with Crippen molar-refractivity contribution in [3.05, 3.63) is 42.2 Å². The van der Waals surface area contributed by atoms with Crippen LogP contribution in [0, 0.1) is 5.82 Å². The molecule has 2 saturated heterocycles. The number of carbonyl (C=O) groups is 2. The Bertz CT molecular complexity index is 430. The van der Waals surface area contributed by atoms with Crippen molar-refractivity contribution >= 4 is 18.5 Å². The molecule has 0 radical (unpaired) electrons. The monoisotopic (exact) mass is 260 g/mol. The molecule has 0 atom stereocenters. The molecular formula is C14H17BO4. The van der Waals surface area contributed by atoms with Gasteiger partial charge in [-0.15, -0.1) is 5.98 Å². The van der Waals surface area contributed by atoms with E-state index in [0.29, 0.717) is 0 Å². The molecule has 0 spiro atoms. The van der Waals surface area contributed by atoms with Crippen molar-refractivity contribution in [1.29, 1.82) is 0 Å². The first-order valence-corrected chi connectivity index (χ1v) is 6.61. The lowest BCUT2D eigenvalue weighted by Crippen LogP contribution is -2.37. The molecule has 0 unspecified atom stereocenters. The topological polar surface area (TPSA) is 52.6 Å². The average molecular weight is 260 g/mol. The van der Waals surface area contributed by atoms with Crippen LogP contribution in [0.15, 0.2) is 36.4 Å². The van der Waals surface area contributed by atoms with E-state index in [2.05, 4.69) is 13.0 Å². The quantitative estimate of drug-likeness (QED) is 0.433. The molecular weight excluding hydrogens is 243 g/mol. The van der Waals surface area contributed by atoms with E-state index in [4.69, 9.17) is 9.31 Å². The number of rotatable bonds is 5. The van der Waals surface area contributed by atoms with Gasteiger partial charge < -0.3 is 9.31 Å². The number of allylic oxidation sites excluding steroid dienone is 5. The normalized spacial score (nSPS) is 21.6. The zero-order valence-corrected chi connectivity index (χ0v) is 11.0. The summed E-state index contributed by atoms with van der Waals surface area (Å²) in [6.45, 7) is 0.159. The van der Waals surface area contributed by atoms with Crippen molar-refractivity contribution in [3.8, 4) is 0 Å². The summed E-state index contributed by atoms with van der Waals surface area (Å²) in [5.74, 6) is 1.79. The van der Waals surface area contributed by atoms with E-state index < -0.39 is 6.55 Å². The number of hydrogen-bond donors (Lipinski definition) is 0. The smallest absolute Gasteiger partial charge is 0.581 e. The lowest BCUT2D eigenvalue weighted by Gasteiger charge is -2.20. The van der Waals surface area contributed by atoms with Crippen molar-refractivity contribution < 1.29 is 18.9 Å². The van der Waals surface area contributed by atoms with Gasteiger partial charge >= 0.3 is 18.5 Å². The molecule has 0 aliphatic carbocycles. The minimum atomic E-state index is -1.96. The van der Waals surface area contributed by atoms with Crippen molar-refractivity contribution in [3.63, 3.8) is 0 Å². The summed E-state index contributed by atoms with van der Waals surface area (Å²) in [6.07, 6.45) is 12.1. The van der Waals surface area contributed by atoms with Gasteiger partial charge in [-0.2, -0.15) is 0 Å². The van der Waals surface area contributed by atoms with E-state index in [-0.39, 0.29) is 24.8 Å². The predicted molar refractivity (Wildman–Crippen MR) is 72.7 cm³/mol. The average Bonchev–Trinajstić information content (AvgIpc) is 2.79. The summed E-state index contributed by atoms with van der Waals surface area (Å²) >= 11 is 0. The van der Waals surface area contributed by atoms with E-state index in [0.717, 1.165) is 18.7 Å². The van der Waals surface area contributed by atoms with Crippen LogP contribution in [0.4, 0.5) is 0 Å². The molecule has 0 amide bonds. The van der Waals surface area contributed by atoms with Crippen molar-refractivity contribution in [2.45, 2.75) is 32.6 Å². The molecule has 0 saturated carbocycles. The molecule has 0 aromatic rings. The molecule has 100 valence electrons. The van der Waals surface area contributed by atoms with Crippen LogP contribution >= 0.6 is 0 Å². The highest BCUT2D eigenvalue weighted by Crippen LogP contribution is 2.40. The molecule has 2 aliphatic rings. The summed E-state index contributed by atoms with van der Waals surface area (Å²) in [5.41, 5.74) is 0. The van der Waals surface area contributed by atoms with Gasteiger partial charge in [0.1, 0.15) is 12.8 Å². The third-order valence-electron chi connectivity index (χ3n) is 3.21. The summed E-state index contributed by atoms with van der Waals surface area (Å²) in [5, 5.41) is 0. The molecule has 0 bridgehead atoms. The molecule has 5 heteroatoms. The van der Waals surface area contributed by atoms with Gasteiger partial charge in [0.25, 0.3) is 0 Å². The first-order chi connectivity index (χ1) is 9.16. The Hall–Kier alpha value is -1.91. The van der Waals surface area contributed by atoms with Crippen molar-refractivity contribution in [1.82, 2.24) is 0 Å². The zero-order chi connectivity index (χ0) is 13.7. The molecule has 2 rings (SSSR count). The van der Waals surface area contributed by atoms with Crippen LogP contribution in [0.2, 0.25) is 0 Å². The highest BCUT2D eigenvalue weighted by molar-refractivity contribution is 6.84. The minimum absolute atomic E-state index is 0.191. The predicted octanol–water partition coefficient (Wildman–Crippen LogP) is 2.44. The number of fused-ring (bicyclic) bond motifs is 1. The Morgan fingerprint density at radius 2 is 1.74 bits per heavy atom. The Labute approximate surface area is 113 Å². The van der Waals surface area contributed by atoms with Crippen LogP contribution < -0.4 is 0 Å². The largest absolute Gasteiger partial charge is 0.610 e. The number of carbonyl (C=O) groups excluding carboxylic acids is 2. The van der Waals surface area contributed by atoms with Crippen molar-refractivity contribution in [2.75, 3.05) is 0 Å². The standard InChI is InChI=1S/C14H17BO4/c1-2-3-4-5-6-7-8-9-15-12(10-13(16)18-15)11-14(17)19-15/h4-9H,2-3,10-11H2,1H3/b5-4+,7-6+,9-8+. The second kappa shape index (κ2) is 5.82. The SMILES string of the molecule is CCC/C=C/C=C/C=C/[B-]12OC(=O)C[C+]1CC(=O)O2. The van der Waals surface area contributed by atoms with E-state index in [1.54, 1.807) is 12.1 Å². The van der Waals surface area contributed by atoms with Gasteiger partial charge in [-0.1, -0.05) is 43.7 Å². The van der Waals surface area contributed by atoms with Crippen LogP contribution in [-0.4, -0.2) is 18.5 Å². The molecule has 2 fully saturated rings. The summed E-state index contributed by atoms with van der Waals surface area (Å²) in [7, 11) is 0. The molecule has 2 heterocycles. The number of hydrogen-bond acceptors (Lipinski definition) is 4. The first-order valence-electron chi connectivity index (χ1n) is 6.61. The van der Waals surface area contributed by atoms with Crippen LogP contribution in [0.3, 0.4) is 0 Å². The fourth-order valence-electron chi connectivity index (χ4n) is 2.28. The molecule has 0 aromatic carbocycles. The van der Waals surface area contributed by atoms with E-state index in [1.165, 1.54) is 0 Å². The van der Waals surface area contributed by atoms with E-state index >= 15 is 0 Å². The van der Waals surface area contributed by atoms with Crippen LogP contribution in [-0.2, 0) is 18.9 Å². The fraction of sp³-hybridized carbons (Fsp3) is 0.357. The maximum Gasteiger partial charge on any atom is 0.581 e. The van der Waals surface area contributed by atoms with Crippen LogP contribution in [0.1, 0.15) is 32.6 Å². The van der Waals surface area contributed by atoms with E-state index in [1.807, 2.05) is 18.2 Å². The molecule has 2 aliphatic heterocycles. The van der Waals surface area contributed by atoms with Crippen molar-refractivity contribution in [2.24, 2.45) is 0 Å². The third kappa shape index (κ3) is 3.10. The lowest BCUT2D eigenvalue weighted by atomic mass is 9.49. The zero-order valence-electron chi connectivity index (χ0n) is 11.0. The van der Waals surface area contributed by atoms with Gasteiger partial charge in [-0.05, 0) is 6.42 Å². The maximum absolute atomic E-state index is 11.3. The second-order valence-corrected chi connectivity index (χ2v) is 4.75. The Morgan fingerprint density at radius 1 is 1.11 bits per heavy atom. The highest BCUT2D eigenvalue weighted by atomic mass is 16.7. The Kier molecular flexibility index (Phi) is 4.15. The van der Waals surface area contributed by atoms with Gasteiger partial charge in [-0.3, -0.25) is 9.59 Å². The van der Waals surface area contributed by atoms with Gasteiger partial charge in [0.2, 0.25) is 0 Å². The first kappa shape index (κ1) is 13.5. The van der Waals surface area contributed by atoms with Gasteiger partial charge in [0.15, 0.2) is 0 Å². The minimum Gasteiger partial charge on any atom is -0.610 e.